The van der Waals surface area contributed by atoms with Gasteiger partial charge in [0, 0.05) is 5.56 Å². The zero-order valence-corrected chi connectivity index (χ0v) is 10.9. The zero-order valence-electron chi connectivity index (χ0n) is 10.9. The second-order valence-electron chi connectivity index (χ2n) is 4.91. The van der Waals surface area contributed by atoms with Gasteiger partial charge in [-0.05, 0) is 22.8 Å². The first-order valence-electron chi connectivity index (χ1n) is 6.67. The molecule has 0 bridgehead atoms. The Morgan fingerprint density at radius 2 is 1.85 bits per heavy atom. The Kier molecular flexibility index (Phi) is 2.59. The molecule has 0 aliphatic carbocycles. The summed E-state index contributed by atoms with van der Waals surface area (Å²) in [5, 5.41) is 0. The molecule has 4 rings (SSSR count). The van der Waals surface area contributed by atoms with E-state index < -0.39 is 0 Å². The zero-order chi connectivity index (χ0) is 13.4. The number of benzene rings is 2. The van der Waals surface area contributed by atoms with Crippen LogP contribution in [0.5, 0.6) is 0 Å². The third kappa shape index (κ3) is 1.73. The summed E-state index contributed by atoms with van der Waals surface area (Å²) < 4.78 is 11.3. The van der Waals surface area contributed by atoms with E-state index in [1.165, 1.54) is 11.1 Å². The molecule has 1 radical (unpaired) electrons. The Labute approximate surface area is 118 Å². The molecule has 2 aromatic carbocycles. The second kappa shape index (κ2) is 4.57. The van der Waals surface area contributed by atoms with Crippen LogP contribution in [0.15, 0.2) is 54.8 Å². The van der Waals surface area contributed by atoms with Gasteiger partial charge < -0.3 is 9.47 Å². The third-order valence-electron chi connectivity index (χ3n) is 3.72. The average molecular weight is 261 g/mol. The quantitative estimate of drug-likeness (QED) is 0.769. The molecule has 2 heteroatoms. The van der Waals surface area contributed by atoms with E-state index in [2.05, 4.69) is 30.5 Å². The van der Waals surface area contributed by atoms with Gasteiger partial charge in [-0.15, -0.1) is 0 Å². The van der Waals surface area contributed by atoms with E-state index in [1.807, 2.05) is 30.3 Å². The van der Waals surface area contributed by atoms with Gasteiger partial charge in [-0.3, -0.25) is 0 Å². The molecular formula is C18H13O2. The van der Waals surface area contributed by atoms with Crippen molar-refractivity contribution in [2.24, 2.45) is 0 Å². The Morgan fingerprint density at radius 3 is 2.85 bits per heavy atom. The summed E-state index contributed by atoms with van der Waals surface area (Å²) in [5.74, 6) is 0. The van der Waals surface area contributed by atoms with Crippen LogP contribution >= 0.6 is 0 Å². The molecule has 0 spiro atoms. The minimum absolute atomic E-state index is 0.155. The van der Waals surface area contributed by atoms with Crippen LogP contribution in [0.3, 0.4) is 0 Å². The van der Waals surface area contributed by atoms with Crippen LogP contribution in [0, 0.1) is 6.26 Å². The van der Waals surface area contributed by atoms with Crippen molar-refractivity contribution in [2.45, 2.75) is 12.7 Å². The summed E-state index contributed by atoms with van der Waals surface area (Å²) >= 11 is 0. The standard InChI is InChI=1S/C18H13O2/c1-4-8-16-13(5-1)9-10-20-18(16)17-12-19-11-14-6-2-3-7-15(14)17/h1-10,18H,11H2. The first kappa shape index (κ1) is 11.4. The highest BCUT2D eigenvalue weighted by Crippen LogP contribution is 2.40. The summed E-state index contributed by atoms with van der Waals surface area (Å²) in [6.07, 6.45) is 6.63. The molecule has 2 aromatic rings. The van der Waals surface area contributed by atoms with Crippen LogP contribution in [0.4, 0.5) is 0 Å². The predicted molar refractivity (Wildman–Crippen MR) is 77.2 cm³/mol. The van der Waals surface area contributed by atoms with E-state index in [9.17, 15) is 0 Å². The van der Waals surface area contributed by atoms with Crippen molar-refractivity contribution in [1.29, 1.82) is 0 Å². The Balaban J connectivity index is 1.83. The van der Waals surface area contributed by atoms with Gasteiger partial charge in [-0.1, -0.05) is 48.5 Å². The van der Waals surface area contributed by atoms with Gasteiger partial charge in [0.15, 0.2) is 12.4 Å². The highest BCUT2D eigenvalue weighted by atomic mass is 16.5. The lowest BCUT2D eigenvalue weighted by molar-refractivity contribution is 0.174. The maximum atomic E-state index is 5.84. The van der Waals surface area contributed by atoms with Gasteiger partial charge in [0.2, 0.25) is 0 Å². The molecule has 2 nitrogen and oxygen atoms in total. The summed E-state index contributed by atoms with van der Waals surface area (Å²) in [6.45, 7) is 0.573. The normalized spacial score (nSPS) is 19.2. The number of ether oxygens (including phenoxy) is 2. The molecule has 0 saturated carbocycles. The SMILES string of the molecule is [C]1=C(C2OC=Cc3ccccc32)c2ccccc2CO1. The van der Waals surface area contributed by atoms with Crippen LogP contribution in [0.25, 0.3) is 11.6 Å². The van der Waals surface area contributed by atoms with E-state index in [1.54, 1.807) is 6.26 Å². The summed E-state index contributed by atoms with van der Waals surface area (Å²) in [4.78, 5) is 0. The van der Waals surface area contributed by atoms with Crippen molar-refractivity contribution in [1.82, 2.24) is 0 Å². The van der Waals surface area contributed by atoms with E-state index in [0.29, 0.717) is 6.61 Å². The van der Waals surface area contributed by atoms with Crippen LogP contribution in [0.2, 0.25) is 0 Å². The van der Waals surface area contributed by atoms with E-state index in [0.717, 1.165) is 16.7 Å². The molecule has 0 saturated heterocycles. The van der Waals surface area contributed by atoms with Crippen LogP contribution in [-0.4, -0.2) is 0 Å². The van der Waals surface area contributed by atoms with Gasteiger partial charge in [-0.2, -0.15) is 0 Å². The fourth-order valence-electron chi connectivity index (χ4n) is 2.74. The lowest BCUT2D eigenvalue weighted by Crippen LogP contribution is -2.13. The van der Waals surface area contributed by atoms with Gasteiger partial charge in [0.1, 0.15) is 6.61 Å². The maximum Gasteiger partial charge on any atom is 0.170 e. The Bertz CT molecular complexity index is 713. The Hall–Kier alpha value is -2.48. The molecule has 0 aromatic heterocycles. The lowest BCUT2D eigenvalue weighted by Gasteiger charge is -2.27. The van der Waals surface area contributed by atoms with Crippen LogP contribution in [-0.2, 0) is 16.1 Å². The largest absolute Gasteiger partial charge is 0.488 e. The summed E-state index contributed by atoms with van der Waals surface area (Å²) in [6, 6.07) is 16.5. The van der Waals surface area contributed by atoms with Gasteiger partial charge in [0.25, 0.3) is 0 Å². The fraction of sp³-hybridized carbons (Fsp3) is 0.111. The highest BCUT2D eigenvalue weighted by Gasteiger charge is 2.27. The van der Waals surface area contributed by atoms with Crippen molar-refractivity contribution in [3.63, 3.8) is 0 Å². The first-order chi connectivity index (χ1) is 9.93. The van der Waals surface area contributed by atoms with Gasteiger partial charge in [0.05, 0.1) is 11.8 Å². The topological polar surface area (TPSA) is 18.5 Å². The molecule has 2 aliphatic rings. The molecule has 1 atom stereocenters. The number of rotatable bonds is 1. The lowest BCUT2D eigenvalue weighted by atomic mass is 9.89. The maximum absolute atomic E-state index is 5.84. The third-order valence-corrected chi connectivity index (χ3v) is 3.72. The highest BCUT2D eigenvalue weighted by molar-refractivity contribution is 5.74. The molecule has 2 heterocycles. The van der Waals surface area contributed by atoms with Gasteiger partial charge >= 0.3 is 0 Å². The van der Waals surface area contributed by atoms with Crippen molar-refractivity contribution in [3.8, 4) is 0 Å². The molecule has 20 heavy (non-hydrogen) atoms. The molecule has 1 unspecified atom stereocenters. The molecule has 0 N–H and O–H groups in total. The monoisotopic (exact) mass is 261 g/mol. The number of fused-ring (bicyclic) bond motifs is 2. The molecule has 0 fully saturated rings. The predicted octanol–water partition coefficient (Wildman–Crippen LogP) is 4.10. The number of hydrogen-bond donors (Lipinski definition) is 0. The van der Waals surface area contributed by atoms with E-state index in [-0.39, 0.29) is 6.10 Å². The van der Waals surface area contributed by atoms with E-state index >= 15 is 0 Å². The first-order valence-corrected chi connectivity index (χ1v) is 6.67. The smallest absolute Gasteiger partial charge is 0.170 e. The van der Waals surface area contributed by atoms with Crippen molar-refractivity contribution in [2.75, 3.05) is 0 Å². The Morgan fingerprint density at radius 1 is 1.00 bits per heavy atom. The molecule has 0 amide bonds. The van der Waals surface area contributed by atoms with Gasteiger partial charge in [-0.25, -0.2) is 0 Å². The molecule has 2 aliphatic heterocycles. The minimum Gasteiger partial charge on any atom is -0.488 e. The second-order valence-corrected chi connectivity index (χ2v) is 4.91. The van der Waals surface area contributed by atoms with Crippen molar-refractivity contribution in [3.05, 3.63) is 83.3 Å². The fourth-order valence-corrected chi connectivity index (χ4v) is 2.74. The summed E-state index contributed by atoms with van der Waals surface area (Å²) in [7, 11) is 0. The minimum atomic E-state index is -0.155. The molecule has 97 valence electrons. The van der Waals surface area contributed by atoms with E-state index in [4.69, 9.17) is 9.47 Å². The van der Waals surface area contributed by atoms with Crippen LogP contribution in [0.1, 0.15) is 28.4 Å². The van der Waals surface area contributed by atoms with Crippen LogP contribution < -0.4 is 0 Å². The summed E-state index contributed by atoms with van der Waals surface area (Å²) in [5.41, 5.74) is 5.63. The molecular weight excluding hydrogens is 248 g/mol. The van der Waals surface area contributed by atoms with Crippen molar-refractivity contribution < 1.29 is 9.47 Å². The van der Waals surface area contributed by atoms with Crippen molar-refractivity contribution >= 4 is 11.6 Å². The number of hydrogen-bond acceptors (Lipinski definition) is 2. The average Bonchev–Trinajstić information content (AvgIpc) is 2.54.